The molecule has 2 heterocycles. The number of likely N-dealkylation sites (tertiary alicyclic amines) is 1. The van der Waals surface area contributed by atoms with E-state index in [0.717, 1.165) is 16.6 Å². The highest BCUT2D eigenvalue weighted by Crippen LogP contribution is 2.37. The fraction of sp³-hybridized carbons (Fsp3) is 0.394. The van der Waals surface area contributed by atoms with Crippen molar-refractivity contribution >= 4 is 22.9 Å². The molecule has 12 heteroatoms. The van der Waals surface area contributed by atoms with Gasteiger partial charge in [0.1, 0.15) is 0 Å². The Kier molecular flexibility index (Phi) is 9.43. The first-order valence-corrected chi connectivity index (χ1v) is 14.8. The van der Waals surface area contributed by atoms with Crippen LogP contribution in [0, 0.1) is 0 Å². The van der Waals surface area contributed by atoms with E-state index in [2.05, 4.69) is 9.47 Å². The number of imidazole rings is 1. The fourth-order valence-corrected chi connectivity index (χ4v) is 5.99. The Bertz CT molecular complexity index is 1590. The van der Waals surface area contributed by atoms with Crippen LogP contribution >= 0.6 is 0 Å². The van der Waals surface area contributed by atoms with Crippen molar-refractivity contribution in [2.75, 3.05) is 31.7 Å². The first kappa shape index (κ1) is 32.3. The first-order chi connectivity index (χ1) is 21.4. The lowest BCUT2D eigenvalue weighted by molar-refractivity contribution is -0.143. The average molecular weight is 633 g/mol. The van der Waals surface area contributed by atoms with Crippen LogP contribution in [0.15, 0.2) is 72.8 Å². The van der Waals surface area contributed by atoms with Crippen LogP contribution in [-0.2, 0) is 30.1 Å². The van der Waals surface area contributed by atoms with E-state index in [-0.39, 0.29) is 18.7 Å². The molecule has 4 aromatic rings. The summed E-state index contributed by atoms with van der Waals surface area (Å²) in [6.07, 6.45) is -8.86. The summed E-state index contributed by atoms with van der Waals surface area (Å²) in [4.78, 5) is 22.1. The number of ether oxygens (including phenoxy) is 1. The van der Waals surface area contributed by atoms with Crippen molar-refractivity contribution in [1.82, 2.24) is 14.5 Å². The Morgan fingerprint density at radius 2 is 1.60 bits per heavy atom. The summed E-state index contributed by atoms with van der Waals surface area (Å²) in [7, 11) is 1.92. The SMILES string of the molecule is CCOCCn1c(N(C)[C@H]2CCN(C(=O)c3cc(C(F)(F)F)cc(C(F)(F)F)c3)[C@H](Cc3ccccc3)C2)nc2ccccc21. The Morgan fingerprint density at radius 3 is 2.24 bits per heavy atom. The van der Waals surface area contributed by atoms with Gasteiger partial charge in [-0.15, -0.1) is 0 Å². The van der Waals surface area contributed by atoms with Crippen molar-refractivity contribution in [3.8, 4) is 0 Å². The van der Waals surface area contributed by atoms with Crippen LogP contribution in [0.3, 0.4) is 0 Å². The second-order valence-corrected chi connectivity index (χ2v) is 11.2. The lowest BCUT2D eigenvalue weighted by atomic mass is 9.90. The van der Waals surface area contributed by atoms with Crippen LogP contribution in [0.4, 0.5) is 32.3 Å². The molecule has 3 aromatic carbocycles. The van der Waals surface area contributed by atoms with Gasteiger partial charge in [-0.3, -0.25) is 4.79 Å². The van der Waals surface area contributed by atoms with E-state index < -0.39 is 41.0 Å². The smallest absolute Gasteiger partial charge is 0.380 e. The largest absolute Gasteiger partial charge is 0.416 e. The lowest BCUT2D eigenvalue weighted by Crippen LogP contribution is -2.52. The maximum absolute atomic E-state index is 13.8. The highest BCUT2D eigenvalue weighted by atomic mass is 19.4. The molecular formula is C33H34F6N4O2. The molecule has 5 rings (SSSR count). The molecule has 1 aliphatic heterocycles. The number of carbonyl (C=O) groups excluding carboxylic acids is 1. The predicted octanol–water partition coefficient (Wildman–Crippen LogP) is 7.46. The second kappa shape index (κ2) is 13.1. The van der Waals surface area contributed by atoms with E-state index in [1.54, 1.807) is 0 Å². The molecule has 0 saturated carbocycles. The quantitative estimate of drug-likeness (QED) is 0.142. The van der Waals surface area contributed by atoms with E-state index in [1.807, 2.05) is 68.6 Å². The van der Waals surface area contributed by atoms with E-state index in [1.165, 1.54) is 4.90 Å². The van der Waals surface area contributed by atoms with Gasteiger partial charge in [0.2, 0.25) is 5.95 Å². The number of hydrogen-bond acceptors (Lipinski definition) is 4. The monoisotopic (exact) mass is 632 g/mol. The van der Waals surface area contributed by atoms with Gasteiger partial charge in [0.15, 0.2) is 0 Å². The van der Waals surface area contributed by atoms with Crippen LogP contribution in [-0.4, -0.2) is 59.2 Å². The lowest BCUT2D eigenvalue weighted by Gasteiger charge is -2.43. The summed E-state index contributed by atoms with van der Waals surface area (Å²) in [5.41, 5.74) is -1.01. The van der Waals surface area contributed by atoms with E-state index >= 15 is 0 Å². The molecule has 0 radical (unpaired) electrons. The summed E-state index contributed by atoms with van der Waals surface area (Å²) in [5.74, 6) is -0.149. The first-order valence-electron chi connectivity index (χ1n) is 14.8. The van der Waals surface area contributed by atoms with Crippen LogP contribution in [0.5, 0.6) is 0 Å². The molecule has 1 fully saturated rings. The van der Waals surface area contributed by atoms with Gasteiger partial charge >= 0.3 is 12.4 Å². The molecule has 0 aliphatic carbocycles. The molecule has 45 heavy (non-hydrogen) atoms. The standard InChI is InChI=1S/C33H34F6N4O2/c1-3-45-16-15-43-29-12-8-7-11-28(29)40-31(43)41(2)26-13-14-42(27(21-26)17-22-9-5-4-6-10-22)30(44)23-18-24(32(34,35)36)20-25(19-23)33(37,38)39/h4-12,18-20,26-27H,3,13-17,21H2,1-2H3/t26-,27+/m0/s1. The van der Waals surface area contributed by atoms with Crippen molar-refractivity contribution in [3.05, 3.63) is 95.1 Å². The summed E-state index contributed by atoms with van der Waals surface area (Å²) < 4.78 is 89.3. The number of piperidine rings is 1. The number of benzene rings is 3. The molecule has 6 nitrogen and oxygen atoms in total. The maximum atomic E-state index is 13.8. The minimum atomic E-state index is -5.05. The van der Waals surface area contributed by atoms with Gasteiger partial charge in [0.05, 0.1) is 28.8 Å². The van der Waals surface area contributed by atoms with Crippen LogP contribution < -0.4 is 4.90 Å². The molecule has 0 bridgehead atoms. The molecule has 0 spiro atoms. The molecule has 1 amide bonds. The number of rotatable bonds is 9. The number of fused-ring (bicyclic) bond motifs is 1. The maximum Gasteiger partial charge on any atom is 0.416 e. The number of carbonyl (C=O) groups is 1. The highest BCUT2D eigenvalue weighted by Gasteiger charge is 2.40. The Labute approximate surface area is 257 Å². The number of aromatic nitrogens is 2. The van der Waals surface area contributed by atoms with E-state index in [9.17, 15) is 31.1 Å². The topological polar surface area (TPSA) is 50.6 Å². The summed E-state index contributed by atoms with van der Waals surface area (Å²) in [5, 5.41) is 0. The Morgan fingerprint density at radius 1 is 0.956 bits per heavy atom. The van der Waals surface area contributed by atoms with Crippen molar-refractivity contribution < 1.29 is 35.9 Å². The third-order valence-electron chi connectivity index (χ3n) is 8.26. The van der Waals surface area contributed by atoms with Gasteiger partial charge in [-0.05, 0) is 62.1 Å². The summed E-state index contributed by atoms with van der Waals surface area (Å²) >= 11 is 0. The predicted molar refractivity (Wildman–Crippen MR) is 159 cm³/mol. The van der Waals surface area contributed by atoms with Crippen molar-refractivity contribution in [2.45, 2.75) is 57.2 Å². The van der Waals surface area contributed by atoms with E-state index in [0.29, 0.717) is 57.1 Å². The van der Waals surface area contributed by atoms with Crippen LogP contribution in [0.25, 0.3) is 11.0 Å². The molecule has 2 atom stereocenters. The third kappa shape index (κ3) is 7.27. The van der Waals surface area contributed by atoms with Gasteiger partial charge in [-0.2, -0.15) is 26.3 Å². The fourth-order valence-electron chi connectivity index (χ4n) is 5.99. The number of halogens is 6. The Balaban J connectivity index is 1.47. The molecule has 0 N–H and O–H groups in total. The molecule has 1 aromatic heterocycles. The van der Waals surface area contributed by atoms with Gasteiger partial charge in [0.25, 0.3) is 5.91 Å². The molecule has 240 valence electrons. The number of alkyl halides is 6. The zero-order valence-corrected chi connectivity index (χ0v) is 24.9. The molecule has 1 saturated heterocycles. The van der Waals surface area contributed by atoms with Gasteiger partial charge in [0, 0.05) is 44.4 Å². The zero-order valence-electron chi connectivity index (χ0n) is 24.9. The summed E-state index contributed by atoms with van der Waals surface area (Å²) in [6, 6.07) is 17.5. The number of nitrogens with zero attached hydrogens (tertiary/aromatic N) is 4. The van der Waals surface area contributed by atoms with Crippen molar-refractivity contribution in [1.29, 1.82) is 0 Å². The highest BCUT2D eigenvalue weighted by molar-refractivity contribution is 5.95. The normalized spacial score (nSPS) is 17.6. The minimum absolute atomic E-state index is 0.0388. The Hall–Kier alpha value is -4.06. The molecular weight excluding hydrogens is 598 g/mol. The summed E-state index contributed by atoms with van der Waals surface area (Å²) in [6.45, 7) is 3.68. The van der Waals surface area contributed by atoms with Gasteiger partial charge < -0.3 is 19.1 Å². The number of para-hydroxylation sites is 2. The molecule has 0 unspecified atom stereocenters. The third-order valence-corrected chi connectivity index (χ3v) is 8.26. The second-order valence-electron chi connectivity index (χ2n) is 11.2. The number of hydrogen-bond donors (Lipinski definition) is 0. The van der Waals surface area contributed by atoms with Gasteiger partial charge in [-0.25, -0.2) is 4.98 Å². The van der Waals surface area contributed by atoms with Gasteiger partial charge in [-0.1, -0.05) is 42.5 Å². The van der Waals surface area contributed by atoms with Crippen LogP contribution in [0.1, 0.15) is 46.8 Å². The number of amides is 1. The minimum Gasteiger partial charge on any atom is -0.380 e. The van der Waals surface area contributed by atoms with Crippen LogP contribution in [0.2, 0.25) is 0 Å². The number of anilines is 1. The average Bonchev–Trinajstić information content (AvgIpc) is 3.38. The molecule has 1 aliphatic rings. The zero-order chi connectivity index (χ0) is 32.4. The van der Waals surface area contributed by atoms with E-state index in [4.69, 9.17) is 9.72 Å². The van der Waals surface area contributed by atoms with Crippen molar-refractivity contribution in [3.63, 3.8) is 0 Å². The van der Waals surface area contributed by atoms with Crippen molar-refractivity contribution in [2.24, 2.45) is 0 Å².